The maximum Gasteiger partial charge on any atom is 0.310 e. The van der Waals surface area contributed by atoms with Gasteiger partial charge in [-0.3, -0.25) is 9.59 Å². The number of ether oxygens (including phenoxy) is 1. The Morgan fingerprint density at radius 1 is 1.00 bits per heavy atom. The van der Waals surface area contributed by atoms with Gasteiger partial charge >= 0.3 is 5.97 Å². The Labute approximate surface area is 144 Å². The molecule has 0 unspecified atom stereocenters. The predicted octanol–water partition coefficient (Wildman–Crippen LogP) is 3.16. The first-order valence-electron chi connectivity index (χ1n) is 7.25. The lowest BCUT2D eigenvalue weighted by molar-refractivity contribution is -0.147. The molecule has 0 spiro atoms. The number of carbonyl (C=O) groups is 2. The molecular weight excluding hydrogens is 358 g/mol. The van der Waals surface area contributed by atoms with E-state index in [0.717, 1.165) is 15.6 Å². The van der Waals surface area contributed by atoms with Crippen molar-refractivity contribution in [2.75, 3.05) is 6.61 Å². The molecule has 0 aliphatic carbocycles. The van der Waals surface area contributed by atoms with Crippen molar-refractivity contribution in [3.8, 4) is 0 Å². The number of benzene rings is 2. The fraction of sp³-hybridized carbons (Fsp3) is 0.222. The largest absolute Gasteiger partial charge is 0.455 e. The van der Waals surface area contributed by atoms with E-state index < -0.39 is 5.97 Å². The number of amides is 1. The molecule has 5 heteroatoms. The van der Waals surface area contributed by atoms with E-state index in [0.29, 0.717) is 6.54 Å². The van der Waals surface area contributed by atoms with Gasteiger partial charge in [0.2, 0.25) is 0 Å². The quantitative estimate of drug-likeness (QED) is 0.788. The molecule has 0 bridgehead atoms. The number of nitrogens with one attached hydrogen (secondary N) is 1. The first kappa shape index (κ1) is 17.2. The summed E-state index contributed by atoms with van der Waals surface area (Å²) in [5.74, 6) is -0.729. The van der Waals surface area contributed by atoms with Crippen molar-refractivity contribution >= 4 is 27.8 Å². The summed E-state index contributed by atoms with van der Waals surface area (Å²) in [6, 6.07) is 15.3. The molecule has 0 saturated heterocycles. The zero-order chi connectivity index (χ0) is 16.7. The lowest BCUT2D eigenvalue weighted by Gasteiger charge is -2.07. The summed E-state index contributed by atoms with van der Waals surface area (Å²) in [6.07, 6.45) is 0.151. The van der Waals surface area contributed by atoms with E-state index in [1.165, 1.54) is 5.56 Å². The molecule has 2 aromatic carbocycles. The number of hydrogen-bond acceptors (Lipinski definition) is 3. The number of esters is 1. The van der Waals surface area contributed by atoms with Crippen molar-refractivity contribution in [2.24, 2.45) is 0 Å². The van der Waals surface area contributed by atoms with Crippen LogP contribution in [-0.2, 0) is 27.3 Å². The molecule has 1 amide bonds. The van der Waals surface area contributed by atoms with Crippen LogP contribution in [0.25, 0.3) is 0 Å². The minimum absolute atomic E-state index is 0.151. The van der Waals surface area contributed by atoms with E-state index in [1.54, 1.807) is 0 Å². The van der Waals surface area contributed by atoms with Crippen LogP contribution in [0.1, 0.15) is 16.7 Å². The third-order valence-electron chi connectivity index (χ3n) is 3.24. The van der Waals surface area contributed by atoms with Gasteiger partial charge in [0.1, 0.15) is 0 Å². The Bertz CT molecular complexity index is 666. The van der Waals surface area contributed by atoms with Crippen LogP contribution in [0, 0.1) is 6.92 Å². The highest BCUT2D eigenvalue weighted by atomic mass is 79.9. The molecule has 23 heavy (non-hydrogen) atoms. The third-order valence-corrected chi connectivity index (χ3v) is 3.76. The van der Waals surface area contributed by atoms with Gasteiger partial charge in [-0.2, -0.15) is 0 Å². The van der Waals surface area contributed by atoms with Gasteiger partial charge in [0.05, 0.1) is 6.42 Å². The molecule has 2 aromatic rings. The summed E-state index contributed by atoms with van der Waals surface area (Å²) >= 11 is 3.33. The third kappa shape index (κ3) is 6.24. The molecule has 4 nitrogen and oxygen atoms in total. The molecule has 0 aliphatic heterocycles. The number of carbonyl (C=O) groups excluding carboxylic acids is 2. The summed E-state index contributed by atoms with van der Waals surface area (Å²) in [5, 5.41) is 2.72. The summed E-state index contributed by atoms with van der Waals surface area (Å²) < 4.78 is 5.93. The highest BCUT2D eigenvalue weighted by Crippen LogP contribution is 2.11. The van der Waals surface area contributed by atoms with Gasteiger partial charge in [-0.1, -0.05) is 57.9 Å². The van der Waals surface area contributed by atoms with Crippen LogP contribution in [0.4, 0.5) is 0 Å². The van der Waals surface area contributed by atoms with Gasteiger partial charge in [-0.05, 0) is 30.2 Å². The zero-order valence-electron chi connectivity index (χ0n) is 12.8. The molecule has 120 valence electrons. The molecule has 0 heterocycles. The van der Waals surface area contributed by atoms with Gasteiger partial charge < -0.3 is 10.1 Å². The fourth-order valence-corrected chi connectivity index (χ4v) is 2.19. The monoisotopic (exact) mass is 375 g/mol. The van der Waals surface area contributed by atoms with Crippen LogP contribution in [0.2, 0.25) is 0 Å². The summed E-state index contributed by atoms with van der Waals surface area (Å²) in [5.41, 5.74) is 3.02. The van der Waals surface area contributed by atoms with Crippen LogP contribution in [0.5, 0.6) is 0 Å². The molecule has 2 rings (SSSR count). The first-order chi connectivity index (χ1) is 11.0. The number of rotatable bonds is 6. The van der Waals surface area contributed by atoms with E-state index in [1.807, 2.05) is 55.5 Å². The second kappa shape index (κ2) is 8.48. The van der Waals surface area contributed by atoms with Crippen molar-refractivity contribution < 1.29 is 14.3 Å². The van der Waals surface area contributed by atoms with Crippen molar-refractivity contribution in [3.63, 3.8) is 0 Å². The lowest BCUT2D eigenvalue weighted by Crippen LogP contribution is -2.28. The van der Waals surface area contributed by atoms with Gasteiger partial charge in [0.25, 0.3) is 5.91 Å². The van der Waals surface area contributed by atoms with Gasteiger partial charge in [-0.15, -0.1) is 0 Å². The minimum Gasteiger partial charge on any atom is -0.455 e. The summed E-state index contributed by atoms with van der Waals surface area (Å²) in [7, 11) is 0. The Morgan fingerprint density at radius 3 is 2.26 bits per heavy atom. The Balaban J connectivity index is 1.70. The van der Waals surface area contributed by atoms with Crippen LogP contribution >= 0.6 is 15.9 Å². The van der Waals surface area contributed by atoms with Gasteiger partial charge in [0, 0.05) is 11.0 Å². The number of halogens is 1. The molecule has 0 aliphatic rings. The summed E-state index contributed by atoms with van der Waals surface area (Å²) in [4.78, 5) is 23.4. The molecular formula is C18H18BrNO3. The Hall–Kier alpha value is -2.14. The van der Waals surface area contributed by atoms with Crippen molar-refractivity contribution in [1.29, 1.82) is 0 Å². The average molecular weight is 376 g/mol. The maximum atomic E-state index is 11.7. The molecule has 1 N–H and O–H groups in total. The smallest absolute Gasteiger partial charge is 0.310 e. The SMILES string of the molecule is Cc1ccc(CNC(=O)COC(=O)Cc2ccc(Br)cc2)cc1. The van der Waals surface area contributed by atoms with Crippen LogP contribution < -0.4 is 5.32 Å². The molecule has 0 radical (unpaired) electrons. The van der Waals surface area contributed by atoms with Crippen LogP contribution in [-0.4, -0.2) is 18.5 Å². The minimum atomic E-state index is -0.419. The van der Waals surface area contributed by atoms with E-state index in [2.05, 4.69) is 21.2 Å². The molecule has 0 fully saturated rings. The van der Waals surface area contributed by atoms with E-state index >= 15 is 0 Å². The fourth-order valence-electron chi connectivity index (χ4n) is 1.92. The first-order valence-corrected chi connectivity index (χ1v) is 8.04. The molecule has 0 aromatic heterocycles. The van der Waals surface area contributed by atoms with Gasteiger partial charge in [-0.25, -0.2) is 0 Å². The second-order valence-corrected chi connectivity index (χ2v) is 6.14. The van der Waals surface area contributed by atoms with Gasteiger partial charge in [0.15, 0.2) is 6.61 Å². The van der Waals surface area contributed by atoms with Crippen molar-refractivity contribution in [2.45, 2.75) is 19.9 Å². The molecule has 0 atom stereocenters. The number of aryl methyl sites for hydroxylation is 1. The van der Waals surface area contributed by atoms with E-state index in [9.17, 15) is 9.59 Å². The lowest BCUT2D eigenvalue weighted by atomic mass is 10.1. The summed E-state index contributed by atoms with van der Waals surface area (Å²) in [6.45, 7) is 2.16. The predicted molar refractivity (Wildman–Crippen MR) is 91.8 cm³/mol. The Morgan fingerprint density at radius 2 is 1.61 bits per heavy atom. The van der Waals surface area contributed by atoms with E-state index in [4.69, 9.17) is 4.74 Å². The van der Waals surface area contributed by atoms with Crippen LogP contribution in [0.3, 0.4) is 0 Å². The van der Waals surface area contributed by atoms with Crippen LogP contribution in [0.15, 0.2) is 53.0 Å². The number of hydrogen-bond donors (Lipinski definition) is 1. The highest BCUT2D eigenvalue weighted by Gasteiger charge is 2.08. The second-order valence-electron chi connectivity index (χ2n) is 5.23. The highest BCUT2D eigenvalue weighted by molar-refractivity contribution is 9.10. The topological polar surface area (TPSA) is 55.4 Å². The normalized spacial score (nSPS) is 10.2. The van der Waals surface area contributed by atoms with E-state index in [-0.39, 0.29) is 18.9 Å². The zero-order valence-corrected chi connectivity index (χ0v) is 14.4. The standard InChI is InChI=1S/C18H18BrNO3/c1-13-2-4-15(5-3-13)11-20-17(21)12-23-18(22)10-14-6-8-16(19)9-7-14/h2-9H,10-12H2,1H3,(H,20,21). The average Bonchev–Trinajstić information content (AvgIpc) is 2.54. The Kier molecular flexibility index (Phi) is 6.35. The van der Waals surface area contributed by atoms with Crippen molar-refractivity contribution in [3.05, 3.63) is 69.7 Å². The maximum absolute atomic E-state index is 11.7. The molecule has 0 saturated carbocycles. The van der Waals surface area contributed by atoms with Crippen molar-refractivity contribution in [1.82, 2.24) is 5.32 Å².